The molecule has 1 aromatic carbocycles. The molecule has 0 heterocycles. The summed E-state index contributed by atoms with van der Waals surface area (Å²) in [6.45, 7) is 8.12. The first-order valence-electron chi connectivity index (χ1n) is 7.35. The second-order valence-corrected chi connectivity index (χ2v) is 6.06. The molecular formula is C16H27BrN2O. The SMILES string of the molecule is CCC(CC)N(CCOC)c1ccc(Br)cc1C(C)N. The van der Waals surface area contributed by atoms with Crippen LogP contribution in [0.4, 0.5) is 5.69 Å². The Morgan fingerprint density at radius 2 is 1.95 bits per heavy atom. The number of ether oxygens (including phenoxy) is 1. The quantitative estimate of drug-likeness (QED) is 0.772. The topological polar surface area (TPSA) is 38.5 Å². The maximum Gasteiger partial charge on any atom is 0.0637 e. The normalized spacial score (nSPS) is 12.8. The number of anilines is 1. The molecule has 0 aliphatic rings. The zero-order valence-electron chi connectivity index (χ0n) is 13.0. The summed E-state index contributed by atoms with van der Waals surface area (Å²) >= 11 is 3.54. The number of benzene rings is 1. The molecule has 20 heavy (non-hydrogen) atoms. The summed E-state index contributed by atoms with van der Waals surface area (Å²) in [4.78, 5) is 2.44. The van der Waals surface area contributed by atoms with Gasteiger partial charge in [0, 0.05) is 35.9 Å². The van der Waals surface area contributed by atoms with Gasteiger partial charge in [0.25, 0.3) is 0 Å². The van der Waals surface area contributed by atoms with E-state index in [9.17, 15) is 0 Å². The van der Waals surface area contributed by atoms with Crippen molar-refractivity contribution in [3.05, 3.63) is 28.2 Å². The van der Waals surface area contributed by atoms with Gasteiger partial charge in [-0.25, -0.2) is 0 Å². The van der Waals surface area contributed by atoms with Gasteiger partial charge in [-0.05, 0) is 43.5 Å². The van der Waals surface area contributed by atoms with E-state index >= 15 is 0 Å². The van der Waals surface area contributed by atoms with E-state index in [1.807, 2.05) is 6.92 Å². The molecule has 0 aromatic heterocycles. The summed E-state index contributed by atoms with van der Waals surface area (Å²) in [5.41, 5.74) is 8.57. The van der Waals surface area contributed by atoms with Gasteiger partial charge in [0.2, 0.25) is 0 Å². The molecule has 1 atom stereocenters. The third-order valence-corrected chi connectivity index (χ3v) is 4.20. The highest BCUT2D eigenvalue weighted by Crippen LogP contribution is 2.31. The average Bonchev–Trinajstić information content (AvgIpc) is 2.43. The molecule has 0 bridgehead atoms. The Balaban J connectivity index is 3.17. The van der Waals surface area contributed by atoms with Gasteiger partial charge in [-0.15, -0.1) is 0 Å². The Morgan fingerprint density at radius 1 is 1.30 bits per heavy atom. The zero-order chi connectivity index (χ0) is 15.1. The van der Waals surface area contributed by atoms with E-state index in [1.54, 1.807) is 7.11 Å². The Labute approximate surface area is 131 Å². The monoisotopic (exact) mass is 342 g/mol. The van der Waals surface area contributed by atoms with Crippen molar-refractivity contribution in [2.24, 2.45) is 5.73 Å². The lowest BCUT2D eigenvalue weighted by molar-refractivity contribution is 0.202. The van der Waals surface area contributed by atoms with Crippen molar-refractivity contribution in [2.45, 2.75) is 45.7 Å². The van der Waals surface area contributed by atoms with E-state index in [1.165, 1.54) is 11.3 Å². The number of hydrogen-bond acceptors (Lipinski definition) is 3. The highest BCUT2D eigenvalue weighted by atomic mass is 79.9. The van der Waals surface area contributed by atoms with Crippen LogP contribution in [0.1, 0.15) is 45.2 Å². The largest absolute Gasteiger partial charge is 0.383 e. The van der Waals surface area contributed by atoms with Crippen LogP contribution >= 0.6 is 15.9 Å². The third kappa shape index (κ3) is 4.47. The molecule has 0 spiro atoms. The van der Waals surface area contributed by atoms with Gasteiger partial charge in [0.05, 0.1) is 6.61 Å². The minimum atomic E-state index is 0.0157. The lowest BCUT2D eigenvalue weighted by Gasteiger charge is -2.35. The van der Waals surface area contributed by atoms with E-state index in [0.29, 0.717) is 6.04 Å². The Bertz CT molecular complexity index is 405. The molecule has 1 rings (SSSR count). The fourth-order valence-electron chi connectivity index (χ4n) is 2.57. The molecule has 0 fully saturated rings. The number of rotatable bonds is 8. The standard InChI is InChI=1S/C16H27BrN2O/c1-5-14(6-2)19(9-10-20-4)16-8-7-13(17)11-15(16)12(3)18/h7-8,11-12,14H,5-6,9-10,18H2,1-4H3. The van der Waals surface area contributed by atoms with Gasteiger partial charge < -0.3 is 15.4 Å². The van der Waals surface area contributed by atoms with Crippen LogP contribution in [-0.2, 0) is 4.74 Å². The lowest BCUT2D eigenvalue weighted by atomic mass is 10.0. The number of methoxy groups -OCH3 is 1. The van der Waals surface area contributed by atoms with Crippen LogP contribution in [0.2, 0.25) is 0 Å². The van der Waals surface area contributed by atoms with Crippen molar-refractivity contribution in [1.29, 1.82) is 0 Å². The Kier molecular flexibility index (Phi) is 7.56. The summed E-state index contributed by atoms with van der Waals surface area (Å²) in [6, 6.07) is 6.91. The summed E-state index contributed by atoms with van der Waals surface area (Å²) in [7, 11) is 1.75. The number of nitrogens with zero attached hydrogens (tertiary/aromatic N) is 1. The van der Waals surface area contributed by atoms with Crippen LogP contribution in [-0.4, -0.2) is 26.3 Å². The van der Waals surface area contributed by atoms with Crippen molar-refractivity contribution in [1.82, 2.24) is 0 Å². The summed E-state index contributed by atoms with van der Waals surface area (Å²) in [5.74, 6) is 0. The second kappa shape index (κ2) is 8.65. The van der Waals surface area contributed by atoms with Crippen LogP contribution < -0.4 is 10.6 Å². The summed E-state index contributed by atoms with van der Waals surface area (Å²) < 4.78 is 6.35. The first-order valence-corrected chi connectivity index (χ1v) is 8.15. The summed E-state index contributed by atoms with van der Waals surface area (Å²) in [6.07, 6.45) is 2.24. The van der Waals surface area contributed by atoms with Gasteiger partial charge in [0.1, 0.15) is 0 Å². The van der Waals surface area contributed by atoms with Gasteiger partial charge in [-0.1, -0.05) is 29.8 Å². The van der Waals surface area contributed by atoms with Crippen molar-refractivity contribution < 1.29 is 4.74 Å². The molecule has 0 radical (unpaired) electrons. The van der Waals surface area contributed by atoms with Crippen LogP contribution in [0, 0.1) is 0 Å². The average molecular weight is 343 g/mol. The van der Waals surface area contributed by atoms with Crippen LogP contribution in [0.25, 0.3) is 0 Å². The van der Waals surface area contributed by atoms with Gasteiger partial charge in [0.15, 0.2) is 0 Å². The van der Waals surface area contributed by atoms with Crippen LogP contribution in [0.3, 0.4) is 0 Å². The third-order valence-electron chi connectivity index (χ3n) is 3.71. The fourth-order valence-corrected chi connectivity index (χ4v) is 2.95. The molecule has 4 heteroatoms. The van der Waals surface area contributed by atoms with Gasteiger partial charge in [-0.3, -0.25) is 0 Å². The number of halogens is 1. The van der Waals surface area contributed by atoms with E-state index in [-0.39, 0.29) is 6.04 Å². The first-order chi connectivity index (χ1) is 9.54. The fraction of sp³-hybridized carbons (Fsp3) is 0.625. The maximum atomic E-state index is 6.15. The van der Waals surface area contributed by atoms with Crippen LogP contribution in [0.5, 0.6) is 0 Å². The molecule has 0 saturated heterocycles. The molecular weight excluding hydrogens is 316 g/mol. The van der Waals surface area contributed by atoms with Crippen LogP contribution in [0.15, 0.2) is 22.7 Å². The first kappa shape index (κ1) is 17.5. The van der Waals surface area contributed by atoms with Gasteiger partial charge >= 0.3 is 0 Å². The van der Waals surface area contributed by atoms with Crippen molar-refractivity contribution in [3.8, 4) is 0 Å². The molecule has 1 aromatic rings. The molecule has 0 aliphatic carbocycles. The molecule has 1 unspecified atom stereocenters. The van der Waals surface area contributed by atoms with Gasteiger partial charge in [-0.2, -0.15) is 0 Å². The molecule has 0 aliphatic heterocycles. The van der Waals surface area contributed by atoms with E-state index in [2.05, 4.69) is 52.9 Å². The number of hydrogen-bond donors (Lipinski definition) is 1. The van der Waals surface area contributed by atoms with Crippen molar-refractivity contribution >= 4 is 21.6 Å². The molecule has 114 valence electrons. The smallest absolute Gasteiger partial charge is 0.0637 e. The van der Waals surface area contributed by atoms with Crippen molar-refractivity contribution in [2.75, 3.05) is 25.2 Å². The predicted molar refractivity (Wildman–Crippen MR) is 90.3 cm³/mol. The number of nitrogens with two attached hydrogens (primary N) is 1. The highest BCUT2D eigenvalue weighted by molar-refractivity contribution is 9.10. The molecule has 2 N–H and O–H groups in total. The molecule has 3 nitrogen and oxygen atoms in total. The second-order valence-electron chi connectivity index (χ2n) is 5.15. The van der Waals surface area contributed by atoms with Crippen molar-refractivity contribution in [3.63, 3.8) is 0 Å². The highest BCUT2D eigenvalue weighted by Gasteiger charge is 2.19. The van der Waals surface area contributed by atoms with E-state index < -0.39 is 0 Å². The molecule has 0 saturated carbocycles. The predicted octanol–water partition coefficient (Wildman–Crippen LogP) is 4.11. The zero-order valence-corrected chi connectivity index (χ0v) is 14.6. The molecule has 0 amide bonds. The van der Waals surface area contributed by atoms with E-state index in [4.69, 9.17) is 10.5 Å². The lowest BCUT2D eigenvalue weighted by Crippen LogP contribution is -2.38. The Hall–Kier alpha value is -0.580. The minimum Gasteiger partial charge on any atom is -0.383 e. The minimum absolute atomic E-state index is 0.0157. The summed E-state index contributed by atoms with van der Waals surface area (Å²) in [5, 5.41) is 0. The van der Waals surface area contributed by atoms with E-state index in [0.717, 1.165) is 30.5 Å². The Morgan fingerprint density at radius 3 is 2.45 bits per heavy atom. The maximum absolute atomic E-state index is 6.15.